The van der Waals surface area contributed by atoms with Crippen molar-refractivity contribution < 1.29 is 27.1 Å². The van der Waals surface area contributed by atoms with E-state index in [1.807, 2.05) is 0 Å². The van der Waals surface area contributed by atoms with Gasteiger partial charge in [0.05, 0.1) is 7.11 Å². The Morgan fingerprint density at radius 1 is 1.60 bits per heavy atom. The summed E-state index contributed by atoms with van der Waals surface area (Å²) in [5, 5.41) is 2.89. The van der Waals surface area contributed by atoms with Crippen LogP contribution in [0.4, 0.5) is 17.6 Å². The van der Waals surface area contributed by atoms with Crippen molar-refractivity contribution >= 4 is 5.97 Å². The first-order chi connectivity index (χ1) is 6.83. The van der Waals surface area contributed by atoms with E-state index in [0.717, 1.165) is 7.11 Å². The zero-order valence-corrected chi connectivity index (χ0v) is 7.51. The maximum atomic E-state index is 12.8. The van der Waals surface area contributed by atoms with Crippen LogP contribution < -0.4 is 0 Å². The van der Waals surface area contributed by atoms with Crippen LogP contribution in [0.3, 0.4) is 0 Å². The van der Waals surface area contributed by atoms with Gasteiger partial charge in [-0.3, -0.25) is 4.68 Å². The van der Waals surface area contributed by atoms with E-state index < -0.39 is 30.2 Å². The number of hydrogen-bond acceptors (Lipinski definition) is 3. The van der Waals surface area contributed by atoms with Crippen LogP contribution in [0.15, 0.2) is 6.20 Å². The molecule has 0 unspecified atom stereocenters. The molecule has 0 radical (unpaired) electrons. The number of methoxy groups -OCH3 is 1. The molecule has 0 aliphatic rings. The number of hydrogen-bond donors (Lipinski definition) is 0. The van der Waals surface area contributed by atoms with Gasteiger partial charge in [-0.05, 0) is 0 Å². The second kappa shape index (κ2) is 3.87. The van der Waals surface area contributed by atoms with Crippen molar-refractivity contribution in [3.8, 4) is 0 Å². The average molecular weight is 226 g/mol. The summed E-state index contributed by atoms with van der Waals surface area (Å²) in [6.45, 7) is -1.46. The van der Waals surface area contributed by atoms with Gasteiger partial charge in [0.2, 0.25) is 5.95 Å². The molecular weight excluding hydrogens is 220 g/mol. The molecule has 0 atom stereocenters. The van der Waals surface area contributed by atoms with Crippen LogP contribution in [0, 0.1) is 5.95 Å². The van der Waals surface area contributed by atoms with E-state index in [1.54, 1.807) is 0 Å². The third-order valence-corrected chi connectivity index (χ3v) is 1.46. The Bertz CT molecular complexity index is 372. The Morgan fingerprint density at radius 2 is 2.20 bits per heavy atom. The minimum atomic E-state index is -4.52. The van der Waals surface area contributed by atoms with Crippen LogP contribution >= 0.6 is 0 Å². The van der Waals surface area contributed by atoms with Gasteiger partial charge in [0.15, 0.2) is 0 Å². The van der Waals surface area contributed by atoms with Gasteiger partial charge in [0.25, 0.3) is 0 Å². The number of carbonyl (C=O) groups is 1. The molecule has 0 saturated heterocycles. The lowest BCUT2D eigenvalue weighted by Gasteiger charge is -2.04. The topological polar surface area (TPSA) is 44.1 Å². The smallest absolute Gasteiger partial charge is 0.408 e. The first-order valence-corrected chi connectivity index (χ1v) is 3.71. The van der Waals surface area contributed by atoms with Gasteiger partial charge in [-0.25, -0.2) is 4.79 Å². The molecule has 0 fully saturated rings. The second-order valence-electron chi connectivity index (χ2n) is 2.64. The largest absolute Gasteiger partial charge is 0.465 e. The molecule has 1 aromatic heterocycles. The van der Waals surface area contributed by atoms with Crippen molar-refractivity contribution in [2.24, 2.45) is 0 Å². The highest BCUT2D eigenvalue weighted by Crippen LogP contribution is 2.18. The SMILES string of the molecule is COC(=O)c1cn(CC(F)(F)F)nc1F. The molecule has 1 aromatic rings. The van der Waals surface area contributed by atoms with Crippen molar-refractivity contribution in [1.29, 1.82) is 0 Å². The Hall–Kier alpha value is -1.60. The number of aromatic nitrogens is 2. The van der Waals surface area contributed by atoms with Crippen molar-refractivity contribution in [2.75, 3.05) is 7.11 Å². The lowest BCUT2D eigenvalue weighted by atomic mass is 10.4. The van der Waals surface area contributed by atoms with Crippen LogP contribution in [-0.2, 0) is 11.3 Å². The number of rotatable bonds is 2. The number of ether oxygens (including phenoxy) is 1. The number of nitrogens with zero attached hydrogens (tertiary/aromatic N) is 2. The van der Waals surface area contributed by atoms with Gasteiger partial charge in [0.1, 0.15) is 12.1 Å². The normalized spacial score (nSPS) is 11.5. The summed E-state index contributed by atoms with van der Waals surface area (Å²) in [5.74, 6) is -2.35. The van der Waals surface area contributed by atoms with E-state index in [1.165, 1.54) is 0 Å². The first-order valence-electron chi connectivity index (χ1n) is 3.71. The van der Waals surface area contributed by atoms with E-state index in [0.29, 0.717) is 10.9 Å². The van der Waals surface area contributed by atoms with E-state index in [9.17, 15) is 22.4 Å². The molecule has 15 heavy (non-hydrogen) atoms. The molecule has 0 amide bonds. The Balaban J connectivity index is 2.91. The number of carbonyl (C=O) groups excluding carboxylic acids is 1. The number of esters is 1. The fraction of sp³-hybridized carbons (Fsp3) is 0.429. The Kier molecular flexibility index (Phi) is 2.96. The molecule has 0 aliphatic heterocycles. The monoisotopic (exact) mass is 226 g/mol. The summed E-state index contributed by atoms with van der Waals surface area (Å²) in [6.07, 6.45) is -3.87. The molecule has 1 rings (SSSR count). The maximum absolute atomic E-state index is 12.8. The summed E-state index contributed by atoms with van der Waals surface area (Å²) < 4.78 is 52.9. The van der Waals surface area contributed by atoms with Crippen molar-refractivity contribution in [2.45, 2.75) is 12.7 Å². The highest BCUT2D eigenvalue weighted by atomic mass is 19.4. The van der Waals surface area contributed by atoms with Gasteiger partial charge in [-0.2, -0.15) is 17.6 Å². The highest BCUT2D eigenvalue weighted by Gasteiger charge is 2.30. The average Bonchev–Trinajstić information content (AvgIpc) is 2.42. The summed E-state index contributed by atoms with van der Waals surface area (Å²) in [7, 11) is 0.989. The molecule has 84 valence electrons. The van der Waals surface area contributed by atoms with Crippen LogP contribution in [0.1, 0.15) is 10.4 Å². The highest BCUT2D eigenvalue weighted by molar-refractivity contribution is 5.88. The van der Waals surface area contributed by atoms with Gasteiger partial charge >= 0.3 is 12.1 Å². The van der Waals surface area contributed by atoms with E-state index >= 15 is 0 Å². The summed E-state index contributed by atoms with van der Waals surface area (Å²) in [6, 6.07) is 0. The minimum absolute atomic E-state index is 0.293. The lowest BCUT2D eigenvalue weighted by molar-refractivity contribution is -0.142. The Morgan fingerprint density at radius 3 is 2.67 bits per heavy atom. The fourth-order valence-corrected chi connectivity index (χ4v) is 0.909. The number of alkyl halides is 3. The van der Waals surface area contributed by atoms with Crippen molar-refractivity contribution in [3.05, 3.63) is 17.7 Å². The Labute approximate surface area is 81.4 Å². The second-order valence-corrected chi connectivity index (χ2v) is 2.64. The molecule has 0 bridgehead atoms. The maximum Gasteiger partial charge on any atom is 0.408 e. The molecule has 0 saturated carbocycles. The van der Waals surface area contributed by atoms with Crippen LogP contribution in [-0.4, -0.2) is 29.0 Å². The number of halogens is 4. The van der Waals surface area contributed by atoms with Crippen LogP contribution in [0.5, 0.6) is 0 Å². The van der Waals surface area contributed by atoms with Crippen LogP contribution in [0.25, 0.3) is 0 Å². The van der Waals surface area contributed by atoms with Crippen LogP contribution in [0.2, 0.25) is 0 Å². The minimum Gasteiger partial charge on any atom is -0.465 e. The zero-order valence-electron chi connectivity index (χ0n) is 7.51. The van der Waals surface area contributed by atoms with E-state index in [2.05, 4.69) is 9.84 Å². The lowest BCUT2D eigenvalue weighted by Crippen LogP contribution is -2.18. The molecular formula is C7H6F4N2O2. The van der Waals surface area contributed by atoms with Gasteiger partial charge in [-0.1, -0.05) is 0 Å². The van der Waals surface area contributed by atoms with Gasteiger partial charge in [-0.15, -0.1) is 5.10 Å². The first kappa shape index (κ1) is 11.5. The predicted molar refractivity (Wildman–Crippen MR) is 39.6 cm³/mol. The summed E-state index contributed by atoms with van der Waals surface area (Å²) in [5.41, 5.74) is -0.623. The standard InChI is InChI=1S/C7H6F4N2O2/c1-15-6(14)4-2-13(12-5(4)8)3-7(9,10)11/h2H,3H2,1H3. The summed E-state index contributed by atoms with van der Waals surface area (Å²) >= 11 is 0. The van der Waals surface area contributed by atoms with Gasteiger partial charge in [0, 0.05) is 6.20 Å². The van der Waals surface area contributed by atoms with E-state index in [4.69, 9.17) is 0 Å². The third-order valence-electron chi connectivity index (χ3n) is 1.46. The predicted octanol–water partition coefficient (Wildman–Crippen LogP) is 1.37. The zero-order chi connectivity index (χ0) is 11.6. The molecule has 0 N–H and O–H groups in total. The molecule has 0 aromatic carbocycles. The molecule has 0 spiro atoms. The molecule has 8 heteroatoms. The van der Waals surface area contributed by atoms with Gasteiger partial charge < -0.3 is 4.74 Å². The van der Waals surface area contributed by atoms with E-state index in [-0.39, 0.29) is 0 Å². The molecule has 1 heterocycles. The van der Waals surface area contributed by atoms with Crippen molar-refractivity contribution in [3.63, 3.8) is 0 Å². The quantitative estimate of drug-likeness (QED) is 0.565. The van der Waals surface area contributed by atoms with Crippen molar-refractivity contribution in [1.82, 2.24) is 9.78 Å². The molecule has 0 aliphatic carbocycles. The molecule has 4 nitrogen and oxygen atoms in total. The summed E-state index contributed by atoms with van der Waals surface area (Å²) in [4.78, 5) is 10.8. The fourth-order valence-electron chi connectivity index (χ4n) is 0.909. The third kappa shape index (κ3) is 2.93.